The summed E-state index contributed by atoms with van der Waals surface area (Å²) >= 11 is 6.12. The van der Waals surface area contributed by atoms with Crippen LogP contribution in [0.1, 0.15) is 23.6 Å². The molecule has 0 bridgehead atoms. The van der Waals surface area contributed by atoms with Crippen LogP contribution in [0, 0.1) is 19.8 Å². The topological polar surface area (TPSA) is 65.1 Å². The van der Waals surface area contributed by atoms with Gasteiger partial charge in [-0.25, -0.2) is 4.79 Å². The standard InChI is InChI=1S/C25H26ClN5O2/c1-15-12-29(20-9-8-16(2)17(3)10-20)24-27-22-21(30(24)13-15)23(32)31(25(33)28(22)4)14-18-6-5-7-19(26)11-18/h5-11,15H,12-14H2,1-4H3/t15-/m1/s1. The van der Waals surface area contributed by atoms with E-state index in [1.54, 1.807) is 19.2 Å². The molecule has 0 fully saturated rings. The van der Waals surface area contributed by atoms with E-state index in [1.807, 2.05) is 16.7 Å². The van der Waals surface area contributed by atoms with E-state index >= 15 is 0 Å². The maximum Gasteiger partial charge on any atom is 0.332 e. The largest absolute Gasteiger partial charge is 0.332 e. The monoisotopic (exact) mass is 463 g/mol. The molecule has 0 N–H and O–H groups in total. The Morgan fingerprint density at radius 2 is 1.85 bits per heavy atom. The lowest BCUT2D eigenvalue weighted by Crippen LogP contribution is -2.40. The molecule has 1 aliphatic heterocycles. The molecule has 2 aromatic carbocycles. The smallest absolute Gasteiger partial charge is 0.312 e. The fourth-order valence-electron chi connectivity index (χ4n) is 4.57. The zero-order valence-electron chi connectivity index (χ0n) is 19.2. The molecular weight excluding hydrogens is 438 g/mol. The minimum Gasteiger partial charge on any atom is -0.312 e. The normalized spacial score (nSPS) is 15.8. The van der Waals surface area contributed by atoms with Crippen molar-refractivity contribution in [3.05, 3.63) is 85.0 Å². The highest BCUT2D eigenvalue weighted by atomic mass is 35.5. The van der Waals surface area contributed by atoms with Gasteiger partial charge in [-0.05, 0) is 60.7 Å². The van der Waals surface area contributed by atoms with Crippen molar-refractivity contribution in [2.75, 3.05) is 11.4 Å². The molecule has 0 unspecified atom stereocenters. The fourth-order valence-corrected chi connectivity index (χ4v) is 4.79. The number of halogens is 1. The van der Waals surface area contributed by atoms with Crippen molar-refractivity contribution in [3.63, 3.8) is 0 Å². The predicted molar refractivity (Wildman–Crippen MR) is 132 cm³/mol. The Labute approximate surface area is 196 Å². The Kier molecular flexibility index (Phi) is 5.16. The summed E-state index contributed by atoms with van der Waals surface area (Å²) in [5, 5.41) is 0.568. The third-order valence-corrected chi connectivity index (χ3v) is 6.71. The predicted octanol–water partition coefficient (Wildman–Crippen LogP) is 4.00. The van der Waals surface area contributed by atoms with Gasteiger partial charge in [-0.2, -0.15) is 4.98 Å². The van der Waals surface area contributed by atoms with Gasteiger partial charge in [-0.15, -0.1) is 0 Å². The van der Waals surface area contributed by atoms with Gasteiger partial charge in [0.25, 0.3) is 5.56 Å². The number of fused-ring (bicyclic) bond motifs is 3. The lowest BCUT2D eigenvalue weighted by atomic mass is 10.1. The number of hydrogen-bond acceptors (Lipinski definition) is 4. The van der Waals surface area contributed by atoms with Gasteiger partial charge in [0.2, 0.25) is 5.95 Å². The second kappa shape index (κ2) is 7.92. The van der Waals surface area contributed by atoms with Crippen LogP contribution in [-0.2, 0) is 20.1 Å². The number of aryl methyl sites for hydroxylation is 3. The van der Waals surface area contributed by atoms with Crippen molar-refractivity contribution in [3.8, 4) is 0 Å². The van der Waals surface area contributed by atoms with Crippen molar-refractivity contribution in [2.45, 2.75) is 33.9 Å². The summed E-state index contributed by atoms with van der Waals surface area (Å²) in [7, 11) is 1.67. The van der Waals surface area contributed by atoms with E-state index in [0.29, 0.717) is 34.6 Å². The molecule has 0 spiro atoms. The molecule has 5 rings (SSSR count). The summed E-state index contributed by atoms with van der Waals surface area (Å²) in [6, 6.07) is 13.5. The van der Waals surface area contributed by atoms with E-state index in [2.05, 4.69) is 43.9 Å². The van der Waals surface area contributed by atoms with Crippen LogP contribution in [0.2, 0.25) is 5.02 Å². The molecule has 7 nitrogen and oxygen atoms in total. The molecule has 8 heteroatoms. The van der Waals surface area contributed by atoms with Crippen LogP contribution >= 0.6 is 11.6 Å². The average Bonchev–Trinajstić information content (AvgIpc) is 3.16. The summed E-state index contributed by atoms with van der Waals surface area (Å²) in [6.07, 6.45) is 0. The Balaban J connectivity index is 1.72. The van der Waals surface area contributed by atoms with Gasteiger partial charge < -0.3 is 9.47 Å². The quantitative estimate of drug-likeness (QED) is 0.460. The van der Waals surface area contributed by atoms with Gasteiger partial charge in [0, 0.05) is 30.8 Å². The van der Waals surface area contributed by atoms with E-state index in [9.17, 15) is 9.59 Å². The minimum atomic E-state index is -0.395. The molecule has 33 heavy (non-hydrogen) atoms. The summed E-state index contributed by atoms with van der Waals surface area (Å²) in [4.78, 5) is 33.7. The van der Waals surface area contributed by atoms with Gasteiger partial charge in [0.15, 0.2) is 11.2 Å². The molecule has 2 aromatic heterocycles. The first-order valence-corrected chi connectivity index (χ1v) is 11.4. The van der Waals surface area contributed by atoms with Crippen LogP contribution in [0.3, 0.4) is 0 Å². The van der Waals surface area contributed by atoms with Crippen molar-refractivity contribution < 1.29 is 0 Å². The molecule has 0 radical (unpaired) electrons. The highest BCUT2D eigenvalue weighted by Gasteiger charge is 2.30. The first kappa shape index (κ1) is 21.5. The van der Waals surface area contributed by atoms with Crippen LogP contribution in [0.4, 0.5) is 11.6 Å². The van der Waals surface area contributed by atoms with Crippen LogP contribution in [0.15, 0.2) is 52.1 Å². The van der Waals surface area contributed by atoms with Crippen molar-refractivity contribution in [1.29, 1.82) is 0 Å². The van der Waals surface area contributed by atoms with Crippen LogP contribution in [0.25, 0.3) is 11.2 Å². The van der Waals surface area contributed by atoms with Gasteiger partial charge in [0.1, 0.15) is 0 Å². The van der Waals surface area contributed by atoms with Gasteiger partial charge >= 0.3 is 5.69 Å². The maximum atomic E-state index is 13.6. The molecule has 0 aliphatic carbocycles. The molecule has 1 atom stereocenters. The molecule has 170 valence electrons. The van der Waals surface area contributed by atoms with E-state index in [-0.39, 0.29) is 12.1 Å². The summed E-state index contributed by atoms with van der Waals surface area (Å²) in [6.45, 7) is 7.95. The van der Waals surface area contributed by atoms with Crippen molar-refractivity contribution >= 4 is 34.4 Å². The van der Waals surface area contributed by atoms with Crippen LogP contribution in [-0.4, -0.2) is 25.2 Å². The summed E-state index contributed by atoms with van der Waals surface area (Å²) < 4.78 is 4.70. The number of rotatable bonds is 3. The van der Waals surface area contributed by atoms with Gasteiger partial charge in [-0.1, -0.05) is 36.7 Å². The lowest BCUT2D eigenvalue weighted by molar-refractivity contribution is 0.458. The number of benzene rings is 2. The SMILES string of the molecule is Cc1ccc(N2C[C@@H](C)Cn3c2nc2c3c(=O)n(Cc3cccc(Cl)c3)c(=O)n2C)cc1C. The molecular formula is C25H26ClN5O2. The minimum absolute atomic E-state index is 0.152. The Hall–Kier alpha value is -3.32. The maximum absolute atomic E-state index is 13.6. The second-order valence-electron chi connectivity index (χ2n) is 9.04. The molecule has 0 saturated heterocycles. The Bertz CT molecular complexity index is 1510. The first-order valence-electron chi connectivity index (χ1n) is 11.0. The average molecular weight is 464 g/mol. The Morgan fingerprint density at radius 1 is 1.06 bits per heavy atom. The summed E-state index contributed by atoms with van der Waals surface area (Å²) in [5.41, 5.74) is 4.39. The lowest BCUT2D eigenvalue weighted by Gasteiger charge is -2.33. The molecule has 0 amide bonds. The number of imidazole rings is 1. The van der Waals surface area contributed by atoms with Crippen LogP contribution in [0.5, 0.6) is 0 Å². The fraction of sp³-hybridized carbons (Fsp3) is 0.320. The third kappa shape index (κ3) is 3.56. The number of hydrogen-bond donors (Lipinski definition) is 0. The van der Waals surface area contributed by atoms with E-state index in [1.165, 1.54) is 20.3 Å². The number of aromatic nitrogens is 4. The third-order valence-electron chi connectivity index (χ3n) is 6.47. The molecule has 4 aromatic rings. The van der Waals surface area contributed by atoms with E-state index in [4.69, 9.17) is 16.6 Å². The number of nitrogens with zero attached hydrogens (tertiary/aromatic N) is 5. The van der Waals surface area contributed by atoms with Gasteiger partial charge in [-0.3, -0.25) is 13.9 Å². The van der Waals surface area contributed by atoms with E-state index < -0.39 is 5.69 Å². The van der Waals surface area contributed by atoms with Crippen molar-refractivity contribution in [1.82, 2.24) is 18.7 Å². The van der Waals surface area contributed by atoms with Crippen molar-refractivity contribution in [2.24, 2.45) is 13.0 Å². The number of anilines is 2. The second-order valence-corrected chi connectivity index (χ2v) is 9.48. The highest BCUT2D eigenvalue weighted by Crippen LogP contribution is 2.33. The Morgan fingerprint density at radius 3 is 2.58 bits per heavy atom. The highest BCUT2D eigenvalue weighted by molar-refractivity contribution is 6.30. The zero-order valence-corrected chi connectivity index (χ0v) is 19.9. The molecule has 1 aliphatic rings. The molecule has 0 saturated carbocycles. The summed E-state index contributed by atoms with van der Waals surface area (Å²) in [5.74, 6) is 0.994. The van der Waals surface area contributed by atoms with E-state index in [0.717, 1.165) is 17.8 Å². The molecule has 3 heterocycles. The first-order chi connectivity index (χ1) is 15.7. The zero-order chi connectivity index (χ0) is 23.4. The van der Waals surface area contributed by atoms with Crippen LogP contribution < -0.4 is 16.1 Å². The van der Waals surface area contributed by atoms with Gasteiger partial charge in [0.05, 0.1) is 6.54 Å².